The molecule has 7 heteroatoms. The van der Waals surface area contributed by atoms with Crippen LogP contribution in [-0.2, 0) is 0 Å². The van der Waals surface area contributed by atoms with Gasteiger partial charge in [0.05, 0.1) is 5.71 Å². The van der Waals surface area contributed by atoms with E-state index in [0.29, 0.717) is 16.9 Å². The number of ether oxygens (including phenoxy) is 2. The molecule has 0 bridgehead atoms. The molecule has 0 spiro atoms. The lowest BCUT2D eigenvalue weighted by Gasteiger charge is -2.53. The zero-order valence-corrected chi connectivity index (χ0v) is 25.0. The van der Waals surface area contributed by atoms with Gasteiger partial charge in [0.15, 0.2) is 16.6 Å². The predicted molar refractivity (Wildman–Crippen MR) is 169 cm³/mol. The van der Waals surface area contributed by atoms with Gasteiger partial charge in [0.25, 0.3) is 0 Å². The Morgan fingerprint density at radius 2 is 1.90 bits per heavy atom. The number of fused-ring (bicyclic) bond motifs is 5. The van der Waals surface area contributed by atoms with Crippen molar-refractivity contribution in [3.8, 4) is 23.3 Å². The number of benzene rings is 2. The van der Waals surface area contributed by atoms with Gasteiger partial charge < -0.3 is 19.9 Å². The van der Waals surface area contributed by atoms with Crippen LogP contribution in [0.15, 0.2) is 76.4 Å². The number of aliphatic hydroxyl groups is 1. The van der Waals surface area contributed by atoms with Gasteiger partial charge in [-0.1, -0.05) is 42.7 Å². The van der Waals surface area contributed by atoms with Crippen LogP contribution >= 0.6 is 12.2 Å². The molecule has 216 valence electrons. The zero-order valence-electron chi connectivity index (χ0n) is 24.2. The van der Waals surface area contributed by atoms with Crippen LogP contribution < -0.4 is 20.2 Å². The van der Waals surface area contributed by atoms with E-state index in [4.69, 9.17) is 21.7 Å². The molecule has 4 aliphatic carbocycles. The van der Waals surface area contributed by atoms with Crippen LogP contribution in [0.5, 0.6) is 11.5 Å². The van der Waals surface area contributed by atoms with Crippen molar-refractivity contribution in [1.82, 2.24) is 5.43 Å². The second-order valence-corrected chi connectivity index (χ2v) is 12.9. The van der Waals surface area contributed by atoms with Gasteiger partial charge in [0, 0.05) is 17.0 Å². The molecule has 42 heavy (non-hydrogen) atoms. The molecule has 3 N–H and O–H groups in total. The highest BCUT2D eigenvalue weighted by Gasteiger charge is 2.62. The molecule has 0 saturated heterocycles. The molecule has 2 fully saturated rings. The highest BCUT2D eigenvalue weighted by atomic mass is 32.1. The maximum absolute atomic E-state index is 11.9. The van der Waals surface area contributed by atoms with Crippen molar-refractivity contribution in [3.05, 3.63) is 76.9 Å². The number of allylic oxidation sites excluding steroid dienone is 4. The maximum Gasteiger partial charge on any atom is 0.231 e. The zero-order chi connectivity index (χ0) is 28.9. The largest absolute Gasteiger partial charge is 0.454 e. The lowest BCUT2D eigenvalue weighted by molar-refractivity contribution is -0.0513. The first-order valence-electron chi connectivity index (χ1n) is 15.1. The van der Waals surface area contributed by atoms with Gasteiger partial charge in [-0.25, -0.2) is 0 Å². The number of hydrazone groups is 1. The van der Waals surface area contributed by atoms with Crippen molar-refractivity contribution >= 4 is 28.7 Å². The number of hydrogen-bond donors (Lipinski definition) is 3. The van der Waals surface area contributed by atoms with E-state index in [1.54, 1.807) is 5.57 Å². The number of thiocarbonyl (C=S) groups is 1. The van der Waals surface area contributed by atoms with Crippen molar-refractivity contribution in [2.24, 2.45) is 22.4 Å². The first kappa shape index (κ1) is 27.2. The topological polar surface area (TPSA) is 75.1 Å². The summed E-state index contributed by atoms with van der Waals surface area (Å²) in [5, 5.41) is 20.3. The fourth-order valence-electron chi connectivity index (χ4n) is 8.41. The minimum atomic E-state index is -0.961. The van der Waals surface area contributed by atoms with Crippen LogP contribution in [0.25, 0.3) is 0 Å². The molecule has 0 aromatic heterocycles. The number of para-hydroxylation sites is 1. The fourth-order valence-corrected chi connectivity index (χ4v) is 8.57. The summed E-state index contributed by atoms with van der Waals surface area (Å²) >= 11 is 5.48. The fraction of sp³-hybridized carbons (Fsp3) is 0.429. The van der Waals surface area contributed by atoms with Crippen LogP contribution in [0.4, 0.5) is 5.69 Å². The Bertz CT molecular complexity index is 1590. The molecule has 2 aromatic carbocycles. The van der Waals surface area contributed by atoms with Crippen molar-refractivity contribution < 1.29 is 14.6 Å². The molecular formula is C35H37N3O3S. The van der Waals surface area contributed by atoms with Crippen LogP contribution in [0, 0.1) is 29.1 Å². The molecule has 7 rings (SSSR count). The Labute approximate surface area is 253 Å². The van der Waals surface area contributed by atoms with E-state index in [0.717, 1.165) is 67.8 Å². The average molecular weight is 580 g/mol. The summed E-state index contributed by atoms with van der Waals surface area (Å²) in [5.41, 5.74) is 9.47. The summed E-state index contributed by atoms with van der Waals surface area (Å²) in [5.74, 6) is 8.97. The Balaban J connectivity index is 1.23. The van der Waals surface area contributed by atoms with Gasteiger partial charge >= 0.3 is 0 Å². The number of hydrogen-bond acceptors (Lipinski definition) is 5. The molecule has 2 saturated carbocycles. The first-order chi connectivity index (χ1) is 20.4. The monoisotopic (exact) mass is 579 g/mol. The second-order valence-electron chi connectivity index (χ2n) is 12.5. The Hall–Kier alpha value is -3.60. The first-order valence-corrected chi connectivity index (χ1v) is 15.5. The van der Waals surface area contributed by atoms with Gasteiger partial charge in [-0.3, -0.25) is 5.43 Å². The lowest BCUT2D eigenvalue weighted by Crippen LogP contribution is -2.51. The third-order valence-corrected chi connectivity index (χ3v) is 10.6. The molecular weight excluding hydrogens is 542 g/mol. The average Bonchev–Trinajstić information content (AvgIpc) is 3.57. The summed E-state index contributed by atoms with van der Waals surface area (Å²) in [6, 6.07) is 16.3. The van der Waals surface area contributed by atoms with Gasteiger partial charge in [-0.2, -0.15) is 5.10 Å². The van der Waals surface area contributed by atoms with Crippen LogP contribution in [0.3, 0.4) is 0 Å². The van der Waals surface area contributed by atoms with E-state index in [1.807, 2.05) is 43.3 Å². The van der Waals surface area contributed by atoms with E-state index in [9.17, 15) is 5.11 Å². The third-order valence-electron chi connectivity index (χ3n) is 10.4. The molecule has 2 aromatic rings. The normalized spacial score (nSPS) is 31.7. The van der Waals surface area contributed by atoms with E-state index in [1.165, 1.54) is 16.7 Å². The summed E-state index contributed by atoms with van der Waals surface area (Å²) < 4.78 is 11.4. The highest BCUT2D eigenvalue weighted by Crippen LogP contribution is 2.66. The van der Waals surface area contributed by atoms with E-state index in [-0.39, 0.29) is 18.1 Å². The Morgan fingerprint density at radius 1 is 1.07 bits per heavy atom. The minimum absolute atomic E-state index is 0.187. The Morgan fingerprint density at radius 3 is 2.74 bits per heavy atom. The van der Waals surface area contributed by atoms with Crippen LogP contribution in [0.1, 0.15) is 70.3 Å². The standard InChI is InChI=1S/C35H37N3O3S/c1-3-16-35(39)17-15-29-27-12-9-22-18-25(37-38-33(42)36-24-7-5-4-6-8-24)11-13-26(22)32(27)28(20-34(29,35)2)23-10-14-30-31(19-23)41-21-40-30/h4-8,10,14,18-19,27-29,39H,9,11-13,15,17,20-21H2,1-2H3,(H2,36,38,42)/b37-25+/t27-,28+,29?,34-,35-/m0/s1. The molecule has 5 atom stereocenters. The third kappa shape index (κ3) is 4.53. The number of rotatable bonds is 3. The maximum atomic E-state index is 11.9. The Kier molecular flexibility index (Phi) is 6.87. The van der Waals surface area contributed by atoms with E-state index in [2.05, 4.69) is 52.8 Å². The predicted octanol–water partition coefficient (Wildman–Crippen LogP) is 6.84. The molecule has 0 radical (unpaired) electrons. The van der Waals surface area contributed by atoms with Crippen LogP contribution in [-0.4, -0.2) is 28.3 Å². The number of anilines is 1. The smallest absolute Gasteiger partial charge is 0.231 e. The number of nitrogens with one attached hydrogen (secondary N) is 2. The molecule has 0 amide bonds. The molecule has 5 aliphatic rings. The summed E-state index contributed by atoms with van der Waals surface area (Å²) in [4.78, 5) is 0. The van der Waals surface area contributed by atoms with Crippen molar-refractivity contribution in [2.75, 3.05) is 12.1 Å². The molecule has 1 aliphatic heterocycles. The van der Waals surface area contributed by atoms with E-state index >= 15 is 0 Å². The molecule has 1 heterocycles. The van der Waals surface area contributed by atoms with Crippen LogP contribution in [0.2, 0.25) is 0 Å². The quantitative estimate of drug-likeness (QED) is 0.210. The second kappa shape index (κ2) is 10.6. The van der Waals surface area contributed by atoms with Crippen molar-refractivity contribution in [1.29, 1.82) is 0 Å². The van der Waals surface area contributed by atoms with E-state index < -0.39 is 5.60 Å². The lowest BCUT2D eigenvalue weighted by atomic mass is 9.51. The summed E-state index contributed by atoms with van der Waals surface area (Å²) in [6.45, 7) is 4.41. The summed E-state index contributed by atoms with van der Waals surface area (Å²) in [7, 11) is 0. The van der Waals surface area contributed by atoms with Gasteiger partial charge in [0.2, 0.25) is 6.79 Å². The van der Waals surface area contributed by atoms with Gasteiger partial charge in [0.1, 0.15) is 5.60 Å². The molecule has 6 nitrogen and oxygen atoms in total. The minimum Gasteiger partial charge on any atom is -0.454 e. The SMILES string of the molecule is CC#C[C@]1(O)CCC2[C@@H]3CCC4=C/C(=N/NC(=S)Nc5ccccc5)CCC4=C3[C@@H](c3ccc4c(c3)OCO4)C[C@@]21C. The van der Waals surface area contributed by atoms with Crippen molar-refractivity contribution in [3.63, 3.8) is 0 Å². The van der Waals surface area contributed by atoms with Crippen molar-refractivity contribution in [2.45, 2.75) is 70.3 Å². The highest BCUT2D eigenvalue weighted by molar-refractivity contribution is 7.80. The number of nitrogens with zero attached hydrogens (tertiary/aromatic N) is 1. The van der Waals surface area contributed by atoms with Gasteiger partial charge in [-0.05, 0) is 123 Å². The van der Waals surface area contributed by atoms with Gasteiger partial charge in [-0.15, -0.1) is 5.92 Å². The molecule has 1 unspecified atom stereocenters. The summed E-state index contributed by atoms with van der Waals surface area (Å²) in [6.07, 6.45) is 8.81.